The van der Waals surface area contributed by atoms with Crippen LogP contribution < -0.4 is 46.3 Å². The second kappa shape index (κ2) is 24.3. The third-order valence-corrected chi connectivity index (χ3v) is 15.0. The van der Waals surface area contributed by atoms with E-state index in [1.807, 2.05) is 194 Å². The van der Waals surface area contributed by atoms with Crippen molar-refractivity contribution in [2.24, 2.45) is 0 Å². The van der Waals surface area contributed by atoms with Crippen LogP contribution in [0, 0.1) is 0 Å². The first-order valence-corrected chi connectivity index (χ1v) is 27.9. The minimum atomic E-state index is -0.138. The Morgan fingerprint density at radius 2 is 0.941 bits per heavy atom. The molecule has 6 N–H and O–H groups in total. The van der Waals surface area contributed by atoms with Gasteiger partial charge in [-0.15, -0.1) is 11.3 Å². The fraction of sp³-hybridized carbons (Fsp3) is 0.0441. The predicted molar refractivity (Wildman–Crippen MR) is 339 cm³/mol. The summed E-state index contributed by atoms with van der Waals surface area (Å²) >= 11 is 1.52. The SMILES string of the molecule is CC(=O)N(C)c1ccc(NC=C2C(=O)Nc3ccc4ncsc4c32)cc1.O=C1Nc2ccc3ncccc3c2C1=CNc1ccc(OCc2ccccc2)cc1.O=C1Nc2ccc3ncccc3c2C1=CNc1ccc(Oc2ccccc2)cc1. The minimum absolute atomic E-state index is 0.0272. The molecule has 85 heavy (non-hydrogen) atoms. The lowest BCUT2D eigenvalue weighted by molar-refractivity contribution is -0.116. The maximum atomic E-state index is 12.5. The largest absolute Gasteiger partial charge is 0.489 e. The lowest BCUT2D eigenvalue weighted by atomic mass is 10.0. The molecular weight excluding hydrogens is 1080 g/mol. The Morgan fingerprint density at radius 1 is 0.494 bits per heavy atom. The van der Waals surface area contributed by atoms with Crippen LogP contribution in [0.15, 0.2) is 231 Å². The molecule has 0 saturated carbocycles. The summed E-state index contributed by atoms with van der Waals surface area (Å²) in [6, 6.07) is 61.5. The van der Waals surface area contributed by atoms with Gasteiger partial charge in [0.1, 0.15) is 23.9 Å². The molecular formula is C68H52N10O6S. The van der Waals surface area contributed by atoms with Gasteiger partial charge in [0.2, 0.25) is 5.91 Å². The average Bonchev–Trinajstić information content (AvgIpc) is 4.13. The van der Waals surface area contributed by atoms with E-state index in [2.05, 4.69) is 46.9 Å². The molecule has 0 saturated heterocycles. The summed E-state index contributed by atoms with van der Waals surface area (Å²) in [5.41, 5.74) is 15.7. The van der Waals surface area contributed by atoms with Crippen LogP contribution in [-0.4, -0.2) is 45.6 Å². The summed E-state index contributed by atoms with van der Waals surface area (Å²) in [7, 11) is 1.73. The number of para-hydroxylation sites is 1. The van der Waals surface area contributed by atoms with Crippen LogP contribution in [0.5, 0.6) is 17.2 Å². The van der Waals surface area contributed by atoms with Crippen molar-refractivity contribution in [1.29, 1.82) is 0 Å². The van der Waals surface area contributed by atoms with E-state index >= 15 is 0 Å². The summed E-state index contributed by atoms with van der Waals surface area (Å²) in [6.45, 7) is 2.04. The highest BCUT2D eigenvalue weighted by molar-refractivity contribution is 7.17. The molecule has 416 valence electrons. The van der Waals surface area contributed by atoms with Crippen molar-refractivity contribution >= 4 is 124 Å². The summed E-state index contributed by atoms with van der Waals surface area (Å²) in [5.74, 6) is 1.90. The number of thiazole rings is 1. The van der Waals surface area contributed by atoms with Crippen LogP contribution in [0.3, 0.4) is 0 Å². The average molecular weight is 1140 g/mol. The molecule has 0 fully saturated rings. The highest BCUT2D eigenvalue weighted by atomic mass is 32.1. The van der Waals surface area contributed by atoms with E-state index in [1.54, 1.807) is 48.5 Å². The number of nitrogens with zero attached hydrogens (tertiary/aromatic N) is 4. The highest BCUT2D eigenvalue weighted by Crippen LogP contribution is 2.41. The standard InChI is InChI=1S/C25H19N3O2.C24H17N3O2.C19H16N4O2S/c29-25-21(24-20-7-4-14-26-22(20)12-13-23(24)28-25)15-27-18-8-10-19(11-9-18)30-16-17-5-2-1-3-6-17;28-24-20(23-19-7-4-14-25-21(19)12-13-22(23)27-24)15-26-16-8-10-18(11-9-16)29-17-5-2-1-3-6-17;1-11(24)23(2)13-5-3-12(4-6-13)20-9-14-17-15(22-19(14)25)7-8-16-18(17)26-10-21-16/h1-15,27H,16H2,(H,28,29);1-15,26H,(H,27,28);3-10,20H,1-2H3,(H,22,25). The minimum Gasteiger partial charge on any atom is -0.489 e. The van der Waals surface area contributed by atoms with E-state index < -0.39 is 0 Å². The van der Waals surface area contributed by atoms with Crippen LogP contribution in [0.2, 0.25) is 0 Å². The number of pyridine rings is 2. The molecule has 14 rings (SSSR count). The van der Waals surface area contributed by atoms with Crippen LogP contribution in [0.25, 0.3) is 48.7 Å². The van der Waals surface area contributed by atoms with Crippen molar-refractivity contribution in [3.8, 4) is 17.2 Å². The van der Waals surface area contributed by atoms with Gasteiger partial charge in [0, 0.05) is 107 Å². The van der Waals surface area contributed by atoms with Crippen molar-refractivity contribution in [1.82, 2.24) is 15.0 Å². The van der Waals surface area contributed by atoms with Gasteiger partial charge in [-0.2, -0.15) is 0 Å². The fourth-order valence-corrected chi connectivity index (χ4v) is 10.6. The van der Waals surface area contributed by atoms with Crippen LogP contribution in [0.4, 0.5) is 39.8 Å². The van der Waals surface area contributed by atoms with E-state index in [0.29, 0.717) is 23.3 Å². The zero-order valence-electron chi connectivity index (χ0n) is 45.8. The van der Waals surface area contributed by atoms with Gasteiger partial charge in [0.25, 0.3) is 17.7 Å². The van der Waals surface area contributed by atoms with Crippen molar-refractivity contribution in [3.63, 3.8) is 0 Å². The smallest absolute Gasteiger partial charge is 0.257 e. The topological polar surface area (TPSA) is 201 Å². The van der Waals surface area contributed by atoms with E-state index in [4.69, 9.17) is 9.47 Å². The van der Waals surface area contributed by atoms with Crippen LogP contribution in [0.1, 0.15) is 29.2 Å². The molecule has 6 heterocycles. The van der Waals surface area contributed by atoms with Gasteiger partial charge in [0.15, 0.2) is 0 Å². The molecule has 0 bridgehead atoms. The zero-order chi connectivity index (χ0) is 58.2. The molecule has 17 heteroatoms. The normalized spacial score (nSPS) is 14.0. The number of anilines is 7. The van der Waals surface area contributed by atoms with Gasteiger partial charge in [-0.25, -0.2) is 4.98 Å². The van der Waals surface area contributed by atoms with Gasteiger partial charge >= 0.3 is 0 Å². The van der Waals surface area contributed by atoms with E-state index in [-0.39, 0.29) is 23.6 Å². The number of hydrogen-bond donors (Lipinski definition) is 6. The van der Waals surface area contributed by atoms with E-state index in [1.165, 1.54) is 18.3 Å². The number of ether oxygens (including phenoxy) is 2. The van der Waals surface area contributed by atoms with Gasteiger partial charge in [0.05, 0.1) is 49.2 Å². The number of hydrogen-bond acceptors (Lipinski definition) is 13. The Kier molecular flexibility index (Phi) is 15.5. The molecule has 0 unspecified atom stereocenters. The Bertz CT molecular complexity index is 4440. The number of nitrogens with one attached hydrogen (secondary N) is 6. The Hall–Kier alpha value is -11.4. The number of carbonyl (C=O) groups is 4. The summed E-state index contributed by atoms with van der Waals surface area (Å²) in [5, 5.41) is 20.2. The van der Waals surface area contributed by atoms with Gasteiger partial charge in [-0.3, -0.25) is 29.1 Å². The maximum absolute atomic E-state index is 12.5. The van der Waals surface area contributed by atoms with Gasteiger partial charge in [-0.1, -0.05) is 60.7 Å². The van der Waals surface area contributed by atoms with E-state index in [9.17, 15) is 19.2 Å². The fourth-order valence-electron chi connectivity index (χ4n) is 9.78. The molecule has 11 aromatic rings. The van der Waals surface area contributed by atoms with E-state index in [0.717, 1.165) is 111 Å². The highest BCUT2D eigenvalue weighted by Gasteiger charge is 2.29. The molecule has 0 radical (unpaired) electrons. The van der Waals surface area contributed by atoms with Crippen molar-refractivity contribution in [2.75, 3.05) is 43.8 Å². The Labute approximate surface area is 492 Å². The molecule has 0 aliphatic carbocycles. The third kappa shape index (κ3) is 12.0. The number of fused-ring (bicyclic) bond motifs is 9. The summed E-state index contributed by atoms with van der Waals surface area (Å²) in [6.07, 6.45) is 8.69. The first kappa shape index (κ1) is 54.2. The number of rotatable bonds is 12. The maximum Gasteiger partial charge on any atom is 0.257 e. The second-order valence-electron chi connectivity index (χ2n) is 19.6. The number of carbonyl (C=O) groups excluding carboxylic acids is 4. The van der Waals surface area contributed by atoms with Crippen molar-refractivity contribution in [3.05, 3.63) is 253 Å². The molecule has 8 aromatic carbocycles. The summed E-state index contributed by atoms with van der Waals surface area (Å²) < 4.78 is 12.6. The number of aromatic nitrogens is 3. The molecule has 3 aliphatic heterocycles. The second-order valence-corrected chi connectivity index (χ2v) is 20.5. The van der Waals surface area contributed by atoms with Crippen LogP contribution in [-0.2, 0) is 25.8 Å². The third-order valence-electron chi connectivity index (χ3n) is 14.2. The first-order valence-electron chi connectivity index (χ1n) is 27.0. The molecule has 0 atom stereocenters. The lowest BCUT2D eigenvalue weighted by Gasteiger charge is -2.15. The molecule has 0 spiro atoms. The number of benzene rings is 8. The van der Waals surface area contributed by atoms with Crippen molar-refractivity contribution in [2.45, 2.75) is 13.5 Å². The van der Waals surface area contributed by atoms with Gasteiger partial charge in [-0.05, 0) is 139 Å². The van der Waals surface area contributed by atoms with Crippen molar-refractivity contribution < 1.29 is 28.7 Å². The van der Waals surface area contributed by atoms with Gasteiger partial charge < -0.3 is 46.3 Å². The monoisotopic (exact) mass is 1140 g/mol. The quantitative estimate of drug-likeness (QED) is 0.0633. The lowest BCUT2D eigenvalue weighted by Crippen LogP contribution is -2.22. The number of amides is 4. The molecule has 4 amide bonds. The predicted octanol–water partition coefficient (Wildman–Crippen LogP) is 14.3. The molecule has 3 aliphatic rings. The summed E-state index contributed by atoms with van der Waals surface area (Å²) in [4.78, 5) is 63.4. The Balaban J connectivity index is 0.000000125. The van der Waals surface area contributed by atoms with Crippen LogP contribution >= 0.6 is 11.3 Å². The molecule has 3 aromatic heterocycles. The molecule has 16 nitrogen and oxygen atoms in total. The first-order chi connectivity index (χ1) is 41.6. The Morgan fingerprint density at radius 3 is 1.46 bits per heavy atom. The zero-order valence-corrected chi connectivity index (χ0v) is 46.6.